The molecular formula is C16H20N2O2S2. The smallest absolute Gasteiger partial charge is 0.316 e. The average Bonchev–Trinajstić information content (AvgIpc) is 2.90. The van der Waals surface area contributed by atoms with Gasteiger partial charge in [0.15, 0.2) is 0 Å². The molecule has 0 unspecified atom stereocenters. The summed E-state index contributed by atoms with van der Waals surface area (Å²) in [6.45, 7) is 4.20. The number of thiophene rings is 1. The van der Waals surface area contributed by atoms with Crippen molar-refractivity contribution < 1.29 is 9.53 Å². The summed E-state index contributed by atoms with van der Waals surface area (Å²) in [4.78, 5) is 23.5. The number of methoxy groups -OCH3 is 1. The molecule has 0 saturated carbocycles. The Hall–Kier alpha value is -1.14. The van der Waals surface area contributed by atoms with Crippen LogP contribution in [0, 0.1) is 0 Å². The van der Waals surface area contributed by atoms with Crippen molar-refractivity contribution in [1.82, 2.24) is 9.97 Å². The Morgan fingerprint density at radius 2 is 2.09 bits per heavy atom. The van der Waals surface area contributed by atoms with E-state index in [0.717, 1.165) is 28.5 Å². The highest BCUT2D eigenvalue weighted by Crippen LogP contribution is 2.40. The molecule has 1 aliphatic carbocycles. The van der Waals surface area contributed by atoms with Crippen LogP contribution in [0.3, 0.4) is 0 Å². The molecule has 0 atom stereocenters. The predicted octanol–water partition coefficient (Wildman–Crippen LogP) is 3.96. The predicted molar refractivity (Wildman–Crippen MR) is 90.9 cm³/mol. The van der Waals surface area contributed by atoms with Gasteiger partial charge in [-0.1, -0.05) is 25.6 Å². The van der Waals surface area contributed by atoms with Gasteiger partial charge in [-0.15, -0.1) is 11.3 Å². The van der Waals surface area contributed by atoms with Crippen molar-refractivity contribution in [2.75, 3.05) is 12.9 Å². The van der Waals surface area contributed by atoms with E-state index in [1.807, 2.05) is 0 Å². The monoisotopic (exact) mass is 336 g/mol. The molecule has 2 aromatic rings. The summed E-state index contributed by atoms with van der Waals surface area (Å²) >= 11 is 3.28. The van der Waals surface area contributed by atoms with Gasteiger partial charge in [0.25, 0.3) is 0 Å². The first kappa shape index (κ1) is 15.7. The molecule has 3 rings (SSSR count). The number of ether oxygens (including phenoxy) is 1. The third-order valence-electron chi connectivity index (χ3n) is 3.87. The van der Waals surface area contributed by atoms with E-state index in [-0.39, 0.29) is 11.9 Å². The Morgan fingerprint density at radius 3 is 2.82 bits per heavy atom. The average molecular weight is 336 g/mol. The van der Waals surface area contributed by atoms with E-state index in [4.69, 9.17) is 14.7 Å². The van der Waals surface area contributed by atoms with Crippen LogP contribution in [0.2, 0.25) is 0 Å². The fourth-order valence-electron chi connectivity index (χ4n) is 2.69. The number of thioether (sulfide) groups is 1. The topological polar surface area (TPSA) is 52.1 Å². The number of aromatic nitrogens is 2. The van der Waals surface area contributed by atoms with E-state index in [0.29, 0.717) is 5.75 Å². The number of hydrogen-bond donors (Lipinski definition) is 0. The van der Waals surface area contributed by atoms with Crippen LogP contribution in [0.5, 0.6) is 0 Å². The quantitative estimate of drug-likeness (QED) is 0.480. The first-order valence-corrected chi connectivity index (χ1v) is 9.42. The minimum Gasteiger partial charge on any atom is -0.468 e. The number of fused-ring (bicyclic) bond motifs is 3. The molecule has 22 heavy (non-hydrogen) atoms. The Bertz CT molecular complexity index is 710. The van der Waals surface area contributed by atoms with Crippen LogP contribution in [-0.2, 0) is 22.4 Å². The third-order valence-corrected chi connectivity index (χ3v) is 6.00. The third kappa shape index (κ3) is 2.99. The highest BCUT2D eigenvalue weighted by atomic mass is 32.2. The van der Waals surface area contributed by atoms with Gasteiger partial charge in [-0.05, 0) is 31.2 Å². The summed E-state index contributed by atoms with van der Waals surface area (Å²) in [5.41, 5.74) is 1.41. The first-order chi connectivity index (χ1) is 10.6. The normalized spacial score (nSPS) is 14.4. The van der Waals surface area contributed by atoms with E-state index in [1.54, 1.807) is 11.3 Å². The maximum atomic E-state index is 11.5. The van der Waals surface area contributed by atoms with Gasteiger partial charge in [-0.3, -0.25) is 4.79 Å². The number of aryl methyl sites for hydroxylation is 2. The molecule has 6 heteroatoms. The van der Waals surface area contributed by atoms with E-state index in [2.05, 4.69) is 13.8 Å². The molecule has 0 radical (unpaired) electrons. The van der Waals surface area contributed by atoms with Crippen molar-refractivity contribution in [3.8, 4) is 0 Å². The Kier molecular flexibility index (Phi) is 4.68. The van der Waals surface area contributed by atoms with Gasteiger partial charge in [0, 0.05) is 16.2 Å². The summed E-state index contributed by atoms with van der Waals surface area (Å²) in [6.07, 6.45) is 4.74. The number of carbonyl (C=O) groups is 1. The fraction of sp³-hybridized carbons (Fsp3) is 0.562. The molecule has 0 aromatic carbocycles. The second-order valence-electron chi connectivity index (χ2n) is 5.80. The van der Waals surface area contributed by atoms with Gasteiger partial charge < -0.3 is 4.74 Å². The van der Waals surface area contributed by atoms with E-state index >= 15 is 0 Å². The molecule has 2 heterocycles. The lowest BCUT2D eigenvalue weighted by atomic mass is 9.97. The summed E-state index contributed by atoms with van der Waals surface area (Å²) in [6, 6.07) is 0. The number of rotatable bonds is 4. The zero-order valence-corrected chi connectivity index (χ0v) is 14.8. The van der Waals surface area contributed by atoms with Crippen LogP contribution in [0.25, 0.3) is 10.2 Å². The standard InChI is InChI=1S/C16H20N2O2S2/c1-9(2)14-17-15(21-8-12(19)20-3)13-10-6-4-5-7-11(10)22-16(13)18-14/h9H,4-8H2,1-3H3. The summed E-state index contributed by atoms with van der Waals surface area (Å²) in [7, 11) is 1.42. The number of carbonyl (C=O) groups excluding carboxylic acids is 1. The molecule has 0 saturated heterocycles. The molecular weight excluding hydrogens is 316 g/mol. The van der Waals surface area contributed by atoms with Gasteiger partial charge >= 0.3 is 5.97 Å². The van der Waals surface area contributed by atoms with Crippen molar-refractivity contribution >= 4 is 39.3 Å². The van der Waals surface area contributed by atoms with Crippen LogP contribution in [0.15, 0.2) is 5.03 Å². The van der Waals surface area contributed by atoms with Gasteiger partial charge in [-0.2, -0.15) is 0 Å². The fourth-order valence-corrected chi connectivity index (χ4v) is 4.92. The molecule has 0 spiro atoms. The van der Waals surface area contributed by atoms with Gasteiger partial charge in [0.1, 0.15) is 15.7 Å². The second kappa shape index (κ2) is 6.54. The SMILES string of the molecule is COC(=O)CSc1nc(C(C)C)nc2sc3c(c12)CCCC3. The van der Waals surface area contributed by atoms with Gasteiger partial charge in [0.2, 0.25) is 0 Å². The van der Waals surface area contributed by atoms with Crippen LogP contribution in [0.4, 0.5) is 0 Å². The van der Waals surface area contributed by atoms with Crippen LogP contribution >= 0.6 is 23.1 Å². The van der Waals surface area contributed by atoms with Crippen molar-refractivity contribution in [2.24, 2.45) is 0 Å². The lowest BCUT2D eigenvalue weighted by Gasteiger charge is -2.12. The Balaban J connectivity index is 2.09. The lowest BCUT2D eigenvalue weighted by molar-refractivity contribution is -0.137. The summed E-state index contributed by atoms with van der Waals surface area (Å²) in [5.74, 6) is 1.22. The summed E-state index contributed by atoms with van der Waals surface area (Å²) in [5, 5.41) is 2.12. The number of hydrogen-bond acceptors (Lipinski definition) is 6. The molecule has 0 aliphatic heterocycles. The number of esters is 1. The minimum absolute atomic E-state index is 0.216. The van der Waals surface area contributed by atoms with Crippen molar-refractivity contribution in [3.63, 3.8) is 0 Å². The molecule has 118 valence electrons. The largest absolute Gasteiger partial charge is 0.468 e. The van der Waals surface area contributed by atoms with Crippen LogP contribution in [-0.4, -0.2) is 28.8 Å². The van der Waals surface area contributed by atoms with Gasteiger partial charge in [0.05, 0.1) is 12.9 Å². The minimum atomic E-state index is -0.216. The first-order valence-electron chi connectivity index (χ1n) is 7.62. The van der Waals surface area contributed by atoms with Crippen LogP contribution < -0.4 is 0 Å². The van der Waals surface area contributed by atoms with E-state index < -0.39 is 0 Å². The van der Waals surface area contributed by atoms with E-state index in [9.17, 15) is 4.79 Å². The van der Waals surface area contributed by atoms with E-state index in [1.165, 1.54) is 47.5 Å². The second-order valence-corrected chi connectivity index (χ2v) is 7.85. The maximum absolute atomic E-state index is 11.5. The summed E-state index contributed by atoms with van der Waals surface area (Å²) < 4.78 is 4.76. The van der Waals surface area contributed by atoms with Gasteiger partial charge in [-0.25, -0.2) is 9.97 Å². The molecule has 0 bridgehead atoms. The molecule has 1 aliphatic rings. The highest BCUT2D eigenvalue weighted by Gasteiger charge is 2.22. The van der Waals surface area contributed by atoms with Crippen molar-refractivity contribution in [3.05, 3.63) is 16.3 Å². The lowest BCUT2D eigenvalue weighted by Crippen LogP contribution is -2.06. The maximum Gasteiger partial charge on any atom is 0.316 e. The molecule has 2 aromatic heterocycles. The molecule has 0 fully saturated rings. The van der Waals surface area contributed by atoms with Crippen molar-refractivity contribution in [1.29, 1.82) is 0 Å². The highest BCUT2D eigenvalue weighted by molar-refractivity contribution is 8.00. The van der Waals surface area contributed by atoms with Crippen LogP contribution in [0.1, 0.15) is 48.9 Å². The Morgan fingerprint density at radius 1 is 1.32 bits per heavy atom. The molecule has 0 N–H and O–H groups in total. The zero-order chi connectivity index (χ0) is 15.7. The number of nitrogens with zero attached hydrogens (tertiary/aromatic N) is 2. The zero-order valence-electron chi connectivity index (χ0n) is 13.1. The molecule has 0 amide bonds. The van der Waals surface area contributed by atoms with Crippen molar-refractivity contribution in [2.45, 2.75) is 50.5 Å². The molecule has 4 nitrogen and oxygen atoms in total. The Labute approximate surface area is 138 Å².